The number of allylic oxidation sites excluding steroid dienone is 1. The van der Waals surface area contributed by atoms with Crippen LogP contribution in [0.15, 0.2) is 40.8 Å². The van der Waals surface area contributed by atoms with E-state index in [1.807, 2.05) is 6.92 Å². The smallest absolute Gasteiger partial charge is 0.147 e. The molecule has 126 valence electrons. The Morgan fingerprint density at radius 1 is 1.35 bits per heavy atom. The van der Waals surface area contributed by atoms with Crippen molar-refractivity contribution in [1.82, 2.24) is 10.2 Å². The van der Waals surface area contributed by atoms with E-state index in [0.29, 0.717) is 23.4 Å². The summed E-state index contributed by atoms with van der Waals surface area (Å²) in [5, 5.41) is 3.41. The molecule has 2 atom stereocenters. The Morgan fingerprint density at radius 2 is 2.00 bits per heavy atom. The van der Waals surface area contributed by atoms with Crippen LogP contribution in [0.1, 0.15) is 31.7 Å². The van der Waals surface area contributed by atoms with E-state index in [1.165, 1.54) is 12.1 Å². The molecule has 0 aromatic heterocycles. The second-order valence-electron chi connectivity index (χ2n) is 6.22. The van der Waals surface area contributed by atoms with Crippen LogP contribution in [0, 0.1) is 5.82 Å². The number of likely N-dealkylation sites (N-methyl/N-ethyl adjacent to an activating group) is 1. The second-order valence-corrected chi connectivity index (χ2v) is 6.22. The van der Waals surface area contributed by atoms with Crippen molar-refractivity contribution in [3.05, 3.63) is 47.2 Å². The molecule has 1 aliphatic rings. The van der Waals surface area contributed by atoms with Gasteiger partial charge in [-0.2, -0.15) is 0 Å². The molecule has 6 heteroatoms. The highest BCUT2D eigenvalue weighted by molar-refractivity contribution is 5.78. The molecule has 1 fully saturated rings. The van der Waals surface area contributed by atoms with Crippen LogP contribution in [0.2, 0.25) is 0 Å². The van der Waals surface area contributed by atoms with Crippen molar-refractivity contribution in [3.8, 4) is 0 Å². The summed E-state index contributed by atoms with van der Waals surface area (Å²) in [4.78, 5) is 6.63. The van der Waals surface area contributed by atoms with Gasteiger partial charge in [0.05, 0.1) is 11.5 Å². The molecule has 0 bridgehead atoms. The number of nitrogens with one attached hydrogen (secondary N) is 1. The van der Waals surface area contributed by atoms with Gasteiger partial charge in [0.25, 0.3) is 0 Å². The van der Waals surface area contributed by atoms with E-state index < -0.39 is 0 Å². The van der Waals surface area contributed by atoms with Gasteiger partial charge >= 0.3 is 0 Å². The molecule has 0 aliphatic carbocycles. The molecule has 1 aliphatic heterocycles. The fraction of sp³-hybridized carbons (Fsp3) is 0.471. The fourth-order valence-electron chi connectivity index (χ4n) is 2.74. The van der Waals surface area contributed by atoms with Crippen LogP contribution in [-0.2, 0) is 0 Å². The van der Waals surface area contributed by atoms with Gasteiger partial charge in [-0.15, -0.1) is 0 Å². The number of halogens is 1. The molecule has 0 radical (unpaired) electrons. The van der Waals surface area contributed by atoms with Crippen molar-refractivity contribution in [1.29, 1.82) is 0 Å². The molecule has 0 saturated carbocycles. The van der Waals surface area contributed by atoms with Crippen molar-refractivity contribution in [2.24, 2.45) is 16.5 Å². The van der Waals surface area contributed by atoms with Gasteiger partial charge in [0.1, 0.15) is 11.6 Å². The van der Waals surface area contributed by atoms with Gasteiger partial charge in [-0.1, -0.05) is 19.1 Å². The Balaban J connectivity index is 2.25. The zero-order valence-corrected chi connectivity index (χ0v) is 14.0. The first kappa shape index (κ1) is 17.3. The summed E-state index contributed by atoms with van der Waals surface area (Å²) >= 11 is 0. The van der Waals surface area contributed by atoms with Crippen LogP contribution >= 0.6 is 0 Å². The topological polar surface area (TPSA) is 79.7 Å². The Kier molecular flexibility index (Phi) is 5.60. The van der Waals surface area contributed by atoms with E-state index in [0.717, 1.165) is 25.1 Å². The van der Waals surface area contributed by atoms with Gasteiger partial charge in [0.2, 0.25) is 0 Å². The molecule has 1 saturated heterocycles. The van der Waals surface area contributed by atoms with Crippen molar-refractivity contribution in [2.75, 3.05) is 20.1 Å². The number of rotatable bonds is 5. The Bertz CT molecular complexity index is 590. The average molecular weight is 319 g/mol. The van der Waals surface area contributed by atoms with Gasteiger partial charge in [-0.05, 0) is 44.6 Å². The molecular formula is C17H26FN5. The van der Waals surface area contributed by atoms with Gasteiger partial charge in [-0.25, -0.2) is 9.38 Å². The van der Waals surface area contributed by atoms with E-state index in [1.54, 1.807) is 19.1 Å². The van der Waals surface area contributed by atoms with Crippen molar-refractivity contribution >= 4 is 5.84 Å². The number of nitrogens with two attached hydrogens (primary N) is 2. The predicted molar refractivity (Wildman–Crippen MR) is 92.4 cm³/mol. The minimum atomic E-state index is -0.258. The highest BCUT2D eigenvalue weighted by Crippen LogP contribution is 2.23. The summed E-state index contributed by atoms with van der Waals surface area (Å²) < 4.78 is 13.1. The normalized spacial score (nSPS) is 21.9. The first-order valence-electron chi connectivity index (χ1n) is 7.87. The van der Waals surface area contributed by atoms with Gasteiger partial charge in [0.15, 0.2) is 0 Å². The molecule has 5 N–H and O–H groups in total. The highest BCUT2D eigenvalue weighted by atomic mass is 19.1. The van der Waals surface area contributed by atoms with Crippen molar-refractivity contribution in [3.63, 3.8) is 0 Å². The van der Waals surface area contributed by atoms with Gasteiger partial charge in [0, 0.05) is 18.5 Å². The molecule has 0 spiro atoms. The minimum Gasteiger partial charge on any atom is -0.399 e. The minimum absolute atomic E-state index is 0.0830. The van der Waals surface area contributed by atoms with Crippen LogP contribution in [0.25, 0.3) is 0 Å². The number of nitrogens with zero attached hydrogens (tertiary/aromatic N) is 2. The third-order valence-corrected chi connectivity index (χ3v) is 4.13. The van der Waals surface area contributed by atoms with E-state index in [9.17, 15) is 4.39 Å². The van der Waals surface area contributed by atoms with E-state index >= 15 is 0 Å². The molecule has 1 aromatic carbocycles. The predicted octanol–water partition coefficient (Wildman–Crippen LogP) is 1.73. The van der Waals surface area contributed by atoms with Gasteiger partial charge in [-0.3, -0.25) is 0 Å². The number of benzene rings is 1. The first-order valence-corrected chi connectivity index (χ1v) is 7.87. The summed E-state index contributed by atoms with van der Waals surface area (Å²) in [6.07, 6.45) is 1.04. The van der Waals surface area contributed by atoms with Gasteiger partial charge < -0.3 is 21.7 Å². The maximum absolute atomic E-state index is 13.1. The van der Waals surface area contributed by atoms with Crippen molar-refractivity contribution in [2.45, 2.75) is 32.2 Å². The van der Waals surface area contributed by atoms with E-state index in [4.69, 9.17) is 11.5 Å². The summed E-state index contributed by atoms with van der Waals surface area (Å²) in [6.45, 7) is 5.70. The summed E-state index contributed by atoms with van der Waals surface area (Å²) in [5.74, 6) is 0.724. The number of likely N-dealkylation sites (tertiary alicyclic amines) is 1. The maximum atomic E-state index is 13.1. The standard InChI is InChI=1S/C17H26FN5/c1-11(13-4-6-14(18)7-5-13)16(20)17(21-12(2)19)22-15-8-9-23(3)10-15/h4-7,11,15,22H,8-10,20H2,1-3H3,(H2,19,21)/b17-16+. The monoisotopic (exact) mass is 319 g/mol. The first-order chi connectivity index (χ1) is 10.9. The molecule has 1 aromatic rings. The lowest BCUT2D eigenvalue weighted by Crippen LogP contribution is -2.33. The van der Waals surface area contributed by atoms with Crippen LogP contribution in [0.3, 0.4) is 0 Å². The number of hydrogen-bond acceptors (Lipinski definition) is 4. The molecular weight excluding hydrogens is 293 g/mol. The zero-order chi connectivity index (χ0) is 17.0. The Hall–Kier alpha value is -2.08. The highest BCUT2D eigenvalue weighted by Gasteiger charge is 2.22. The maximum Gasteiger partial charge on any atom is 0.147 e. The number of amidine groups is 1. The molecule has 0 amide bonds. The van der Waals surface area contributed by atoms with E-state index in [-0.39, 0.29) is 11.7 Å². The Morgan fingerprint density at radius 3 is 2.52 bits per heavy atom. The molecule has 23 heavy (non-hydrogen) atoms. The molecule has 1 heterocycles. The summed E-state index contributed by atoms with van der Waals surface area (Å²) in [6, 6.07) is 6.67. The average Bonchev–Trinajstić information content (AvgIpc) is 2.90. The third-order valence-electron chi connectivity index (χ3n) is 4.13. The fourth-order valence-corrected chi connectivity index (χ4v) is 2.74. The number of hydrogen-bond donors (Lipinski definition) is 3. The van der Waals surface area contributed by atoms with Crippen LogP contribution in [0.5, 0.6) is 0 Å². The van der Waals surface area contributed by atoms with Crippen LogP contribution in [-0.4, -0.2) is 36.9 Å². The second kappa shape index (κ2) is 7.46. The molecule has 2 rings (SSSR count). The summed E-state index contributed by atoms with van der Waals surface area (Å²) in [5.41, 5.74) is 13.6. The summed E-state index contributed by atoms with van der Waals surface area (Å²) in [7, 11) is 2.09. The van der Waals surface area contributed by atoms with Crippen LogP contribution in [0.4, 0.5) is 4.39 Å². The SMILES string of the molecule is CC(N)=N/C(NC1CCN(C)C1)=C(\N)C(C)c1ccc(F)cc1. The lowest BCUT2D eigenvalue weighted by Gasteiger charge is -2.20. The van der Waals surface area contributed by atoms with E-state index in [2.05, 4.69) is 22.3 Å². The lowest BCUT2D eigenvalue weighted by molar-refractivity contribution is 0.403. The lowest BCUT2D eigenvalue weighted by atomic mass is 9.97. The third kappa shape index (κ3) is 4.69. The number of aliphatic imine (C=N–C) groups is 1. The Labute approximate surface area is 137 Å². The molecule has 5 nitrogen and oxygen atoms in total. The quantitative estimate of drug-likeness (QED) is 0.570. The largest absolute Gasteiger partial charge is 0.399 e. The van der Waals surface area contributed by atoms with Crippen molar-refractivity contribution < 1.29 is 4.39 Å². The molecule has 2 unspecified atom stereocenters. The van der Waals surface area contributed by atoms with Crippen LogP contribution < -0.4 is 16.8 Å². The zero-order valence-electron chi connectivity index (χ0n) is 14.0.